The molecule has 0 saturated heterocycles. The van der Waals surface area contributed by atoms with Gasteiger partial charge in [-0.3, -0.25) is 14.9 Å². The molecule has 0 fully saturated rings. The maximum absolute atomic E-state index is 13.5. The summed E-state index contributed by atoms with van der Waals surface area (Å²) in [4.78, 5) is 49.1. The monoisotopic (exact) mass is 520 g/mol. The molecular weight excluding hydrogens is 496 g/mol. The van der Waals surface area contributed by atoms with E-state index in [0.717, 1.165) is 10.2 Å². The number of carbonyl (C=O) groups excluding carboxylic acids is 3. The first-order chi connectivity index (χ1) is 18.3. The molecule has 4 rings (SSSR count). The van der Waals surface area contributed by atoms with Gasteiger partial charge in [0.1, 0.15) is 6.54 Å². The molecule has 13 nitrogen and oxygen atoms in total. The lowest BCUT2D eigenvalue weighted by molar-refractivity contribution is -0.384. The smallest absolute Gasteiger partial charge is 0.361 e. The van der Waals surface area contributed by atoms with Crippen molar-refractivity contribution in [3.8, 4) is 0 Å². The largest absolute Gasteiger partial charge is 0.461 e. The Morgan fingerprint density at radius 2 is 1.66 bits per heavy atom. The highest BCUT2D eigenvalue weighted by atomic mass is 16.6. The minimum atomic E-state index is -0.879. The number of hydrogen-bond acceptors (Lipinski definition) is 10. The molecule has 3 aromatic rings. The molecule has 196 valence electrons. The van der Waals surface area contributed by atoms with Gasteiger partial charge in [-0.15, -0.1) is 5.10 Å². The van der Waals surface area contributed by atoms with Crippen molar-refractivity contribution >= 4 is 29.2 Å². The highest BCUT2D eigenvalue weighted by Crippen LogP contribution is 2.34. The number of carbonyl (C=O) groups is 3. The molecule has 1 aliphatic rings. The van der Waals surface area contributed by atoms with E-state index < -0.39 is 35.4 Å². The normalized spacial score (nSPS) is 14.6. The predicted molar refractivity (Wildman–Crippen MR) is 132 cm³/mol. The number of amides is 1. The van der Waals surface area contributed by atoms with Gasteiger partial charge in [0.15, 0.2) is 5.69 Å². The van der Waals surface area contributed by atoms with Gasteiger partial charge in [-0.2, -0.15) is 5.10 Å². The molecule has 13 heteroatoms. The molecule has 1 aliphatic heterocycles. The molecule has 0 radical (unpaired) electrons. The van der Waals surface area contributed by atoms with Crippen LogP contribution < -0.4 is 0 Å². The number of rotatable bonds is 9. The van der Waals surface area contributed by atoms with E-state index in [-0.39, 0.29) is 30.3 Å². The van der Waals surface area contributed by atoms with Gasteiger partial charge in [-0.05, 0) is 25.0 Å². The van der Waals surface area contributed by atoms with Crippen LogP contribution in [0.25, 0.3) is 0 Å². The molecule has 2 aromatic carbocycles. The lowest BCUT2D eigenvalue weighted by atomic mass is 9.98. The van der Waals surface area contributed by atoms with E-state index >= 15 is 0 Å². The van der Waals surface area contributed by atoms with Gasteiger partial charge in [-0.25, -0.2) is 19.3 Å². The molecule has 1 atom stereocenters. The van der Waals surface area contributed by atoms with Crippen LogP contribution in [0.5, 0.6) is 0 Å². The van der Waals surface area contributed by atoms with Crippen LogP contribution in [-0.4, -0.2) is 61.7 Å². The lowest BCUT2D eigenvalue weighted by Crippen LogP contribution is -2.32. The van der Waals surface area contributed by atoms with E-state index in [1.165, 1.54) is 17.1 Å². The van der Waals surface area contributed by atoms with Crippen molar-refractivity contribution in [3.05, 3.63) is 87.2 Å². The minimum Gasteiger partial charge on any atom is -0.461 e. The van der Waals surface area contributed by atoms with Gasteiger partial charge in [-0.1, -0.05) is 47.7 Å². The standard InChI is InChI=1S/C25H24N6O7/c1-3-37-24(33)22-23(25(34)38-4-2)29(28-26-22)15-21(32)30-20(17-10-12-18(13-11-17)31(35)36)14-19(27-30)16-8-6-5-7-9-16/h5-13,20H,3-4,14-15H2,1-2H3/t20-/m1/s1. The number of hydrazone groups is 1. The molecule has 0 spiro atoms. The van der Waals surface area contributed by atoms with Crippen molar-refractivity contribution in [2.75, 3.05) is 13.2 Å². The zero-order valence-corrected chi connectivity index (χ0v) is 20.6. The third kappa shape index (κ3) is 5.40. The lowest BCUT2D eigenvalue weighted by Gasteiger charge is -2.22. The van der Waals surface area contributed by atoms with Gasteiger partial charge >= 0.3 is 11.9 Å². The van der Waals surface area contributed by atoms with Crippen molar-refractivity contribution < 1.29 is 28.8 Å². The number of benzene rings is 2. The topological polar surface area (TPSA) is 159 Å². The van der Waals surface area contributed by atoms with Crippen molar-refractivity contribution in [1.29, 1.82) is 0 Å². The fourth-order valence-electron chi connectivity index (χ4n) is 3.99. The van der Waals surface area contributed by atoms with Gasteiger partial charge in [0.2, 0.25) is 5.69 Å². The van der Waals surface area contributed by atoms with Crippen LogP contribution in [0.4, 0.5) is 5.69 Å². The highest BCUT2D eigenvalue weighted by molar-refractivity contribution is 6.03. The number of aromatic nitrogens is 3. The van der Waals surface area contributed by atoms with E-state index in [1.54, 1.807) is 26.0 Å². The summed E-state index contributed by atoms with van der Waals surface area (Å²) < 4.78 is 11.0. The van der Waals surface area contributed by atoms with Crippen LogP contribution in [0.1, 0.15) is 58.4 Å². The minimum absolute atomic E-state index is 0.0271. The van der Waals surface area contributed by atoms with Crippen molar-refractivity contribution in [3.63, 3.8) is 0 Å². The van der Waals surface area contributed by atoms with Crippen LogP contribution >= 0.6 is 0 Å². The summed E-state index contributed by atoms with van der Waals surface area (Å²) in [5.74, 6) is -2.30. The number of nitrogens with zero attached hydrogens (tertiary/aromatic N) is 6. The van der Waals surface area contributed by atoms with Gasteiger partial charge in [0, 0.05) is 18.6 Å². The second-order valence-corrected chi connectivity index (χ2v) is 8.10. The summed E-state index contributed by atoms with van der Waals surface area (Å²) >= 11 is 0. The molecule has 38 heavy (non-hydrogen) atoms. The first-order valence-electron chi connectivity index (χ1n) is 11.8. The molecule has 0 N–H and O–H groups in total. The first-order valence-corrected chi connectivity index (χ1v) is 11.8. The van der Waals surface area contributed by atoms with Gasteiger partial charge in [0.05, 0.1) is 29.9 Å². The number of non-ortho nitro benzene ring substituents is 1. The zero-order valence-electron chi connectivity index (χ0n) is 20.6. The molecule has 0 aliphatic carbocycles. The SMILES string of the molecule is CCOC(=O)c1nnn(CC(=O)N2N=C(c3ccccc3)C[C@@H]2c2ccc([N+](=O)[O-])cc2)c1C(=O)OCC. The molecular formula is C25H24N6O7. The van der Waals surface area contributed by atoms with Crippen molar-refractivity contribution in [2.24, 2.45) is 5.10 Å². The fraction of sp³-hybridized carbons (Fsp3) is 0.280. The van der Waals surface area contributed by atoms with Crippen LogP contribution in [-0.2, 0) is 20.8 Å². The molecule has 2 heterocycles. The summed E-state index contributed by atoms with van der Waals surface area (Å²) in [5.41, 5.74) is 1.33. The van der Waals surface area contributed by atoms with E-state index in [0.29, 0.717) is 17.7 Å². The summed E-state index contributed by atoms with van der Waals surface area (Å²) in [6.45, 7) is 2.80. The molecule has 1 amide bonds. The number of esters is 2. The Morgan fingerprint density at radius 3 is 2.29 bits per heavy atom. The number of ether oxygens (including phenoxy) is 2. The Kier molecular flexibility index (Phi) is 7.85. The zero-order chi connectivity index (χ0) is 27.2. The Labute approximate surface area is 216 Å². The number of nitro benzene ring substituents is 1. The third-order valence-electron chi connectivity index (χ3n) is 5.72. The van der Waals surface area contributed by atoms with E-state index in [4.69, 9.17) is 9.47 Å². The highest BCUT2D eigenvalue weighted by Gasteiger charge is 2.35. The Balaban J connectivity index is 1.68. The molecule has 0 saturated carbocycles. The Bertz CT molecular complexity index is 1380. The average molecular weight is 521 g/mol. The van der Waals surface area contributed by atoms with Crippen LogP contribution in [0.2, 0.25) is 0 Å². The third-order valence-corrected chi connectivity index (χ3v) is 5.72. The number of hydrogen-bond donors (Lipinski definition) is 0. The van der Waals surface area contributed by atoms with Crippen molar-refractivity contribution in [2.45, 2.75) is 32.9 Å². The van der Waals surface area contributed by atoms with Crippen LogP contribution in [0.3, 0.4) is 0 Å². The maximum atomic E-state index is 13.5. The predicted octanol–water partition coefficient (Wildman–Crippen LogP) is 2.92. The summed E-state index contributed by atoms with van der Waals surface area (Å²) in [6.07, 6.45) is 0.351. The molecule has 0 unspecified atom stereocenters. The van der Waals surface area contributed by atoms with E-state index in [2.05, 4.69) is 15.4 Å². The quantitative estimate of drug-likeness (QED) is 0.235. The van der Waals surface area contributed by atoms with Gasteiger partial charge < -0.3 is 9.47 Å². The van der Waals surface area contributed by atoms with Crippen molar-refractivity contribution in [1.82, 2.24) is 20.0 Å². The average Bonchev–Trinajstić information content (AvgIpc) is 3.55. The molecule has 0 bridgehead atoms. The van der Waals surface area contributed by atoms with E-state index in [1.807, 2.05) is 30.3 Å². The summed E-state index contributed by atoms with van der Waals surface area (Å²) in [5, 5.41) is 24.5. The second-order valence-electron chi connectivity index (χ2n) is 8.10. The van der Waals surface area contributed by atoms with Gasteiger partial charge in [0.25, 0.3) is 11.6 Å². The summed E-state index contributed by atoms with van der Waals surface area (Å²) in [7, 11) is 0. The van der Waals surface area contributed by atoms with E-state index in [9.17, 15) is 24.5 Å². The Hall–Kier alpha value is -4.94. The summed E-state index contributed by atoms with van der Waals surface area (Å²) in [6, 6.07) is 14.6. The Morgan fingerprint density at radius 1 is 1.00 bits per heavy atom. The molecule has 1 aromatic heterocycles. The van der Waals surface area contributed by atoms with Crippen LogP contribution in [0, 0.1) is 10.1 Å². The maximum Gasteiger partial charge on any atom is 0.361 e. The number of nitro groups is 1. The first kappa shape index (κ1) is 26.1. The second kappa shape index (κ2) is 11.4. The fourth-order valence-corrected chi connectivity index (χ4v) is 3.99. The van der Waals surface area contributed by atoms with Crippen LogP contribution in [0.15, 0.2) is 59.7 Å².